The normalized spacial score (nSPS) is 15.9. The molecule has 0 spiro atoms. The monoisotopic (exact) mass is 257 g/mol. The number of Topliss-reactive ketones (excluding diaryl/α,β-unsaturated/α-hetero) is 1. The number of rotatable bonds is 6. The maximum atomic E-state index is 12.1. The first-order valence-corrected chi connectivity index (χ1v) is 7.00. The molecule has 5 nitrogen and oxygen atoms in total. The second-order valence-corrected chi connectivity index (χ2v) is 5.75. The van der Waals surface area contributed by atoms with Crippen LogP contribution in [0.4, 0.5) is 0 Å². The molecule has 0 heterocycles. The lowest BCUT2D eigenvalue weighted by molar-refractivity contribution is -0.118. The number of carbonyl (C=O) groups excluding carboxylic acids is 1. The minimum absolute atomic E-state index is 0.171. The topological polar surface area (TPSA) is 75.6 Å². The Hall–Kier alpha value is -1.16. The van der Waals surface area contributed by atoms with Crippen molar-refractivity contribution < 1.29 is 19.0 Å². The number of para-hydroxylation sites is 1. The van der Waals surface area contributed by atoms with Crippen LogP contribution in [0.5, 0.6) is 5.75 Å². The summed E-state index contributed by atoms with van der Waals surface area (Å²) >= 11 is 0. The lowest BCUT2D eigenvalue weighted by Gasteiger charge is -2.21. The second-order valence-electron chi connectivity index (χ2n) is 3.68. The summed E-state index contributed by atoms with van der Waals surface area (Å²) < 4.78 is 17.3. The number of ketones is 1. The molecular formula is C11H16NO4P. The van der Waals surface area contributed by atoms with Crippen molar-refractivity contribution in [1.82, 2.24) is 5.09 Å². The first-order valence-electron chi connectivity index (χ1n) is 5.19. The molecule has 0 saturated carbocycles. The largest absolute Gasteiger partial charge is 0.431 e. The van der Waals surface area contributed by atoms with Gasteiger partial charge in [0.25, 0.3) is 0 Å². The fraction of sp³-hybridized carbons (Fsp3) is 0.364. The van der Waals surface area contributed by atoms with Gasteiger partial charge in [0.1, 0.15) is 17.9 Å². The minimum atomic E-state index is -3.45. The third-order valence-corrected chi connectivity index (χ3v) is 3.84. The van der Waals surface area contributed by atoms with Gasteiger partial charge in [0.05, 0.1) is 6.04 Å². The lowest BCUT2D eigenvalue weighted by atomic mass is 10.3. The molecule has 0 radical (unpaired) electrons. The summed E-state index contributed by atoms with van der Waals surface area (Å²) in [5.41, 5.74) is 0. The molecule has 0 aromatic heterocycles. The van der Waals surface area contributed by atoms with Crippen LogP contribution in [0.2, 0.25) is 0 Å². The van der Waals surface area contributed by atoms with Gasteiger partial charge in [0.15, 0.2) is 0 Å². The maximum absolute atomic E-state index is 12.1. The highest BCUT2D eigenvalue weighted by Gasteiger charge is 2.27. The Balaban J connectivity index is 2.76. The van der Waals surface area contributed by atoms with Crippen molar-refractivity contribution >= 4 is 13.3 Å². The molecule has 0 aliphatic carbocycles. The molecule has 1 aromatic carbocycles. The summed E-state index contributed by atoms with van der Waals surface area (Å²) in [5, 5.41) is 11.6. The van der Waals surface area contributed by atoms with Crippen LogP contribution in [-0.2, 0) is 9.36 Å². The molecule has 6 heteroatoms. The van der Waals surface area contributed by atoms with Crippen molar-refractivity contribution in [2.24, 2.45) is 0 Å². The second kappa shape index (κ2) is 5.96. The van der Waals surface area contributed by atoms with Gasteiger partial charge in [0, 0.05) is 0 Å². The molecule has 0 fully saturated rings. The molecule has 1 aromatic rings. The molecule has 17 heavy (non-hydrogen) atoms. The Morgan fingerprint density at radius 3 is 2.53 bits per heavy atom. The van der Waals surface area contributed by atoms with Gasteiger partial charge in [-0.3, -0.25) is 9.36 Å². The zero-order valence-corrected chi connectivity index (χ0v) is 10.7. The standard InChI is InChI=1S/C11H16NO4P/c1-9(10(2)14)12-17(15,8-13)16-11-6-4-3-5-7-11/h3-7,9,13H,8H2,1-2H3,(H,12,15). The smallest absolute Gasteiger partial charge is 0.342 e. The van der Waals surface area contributed by atoms with Crippen molar-refractivity contribution in [3.05, 3.63) is 30.3 Å². The average Bonchev–Trinajstić information content (AvgIpc) is 2.30. The summed E-state index contributed by atoms with van der Waals surface area (Å²) in [6, 6.07) is 7.88. The molecule has 0 amide bonds. The van der Waals surface area contributed by atoms with E-state index in [0.717, 1.165) is 0 Å². The summed E-state index contributed by atoms with van der Waals surface area (Å²) in [6.45, 7) is 2.95. The van der Waals surface area contributed by atoms with Crippen molar-refractivity contribution in [2.45, 2.75) is 19.9 Å². The van der Waals surface area contributed by atoms with Crippen molar-refractivity contribution in [2.75, 3.05) is 6.35 Å². The third kappa shape index (κ3) is 4.30. The number of aliphatic hydroxyl groups is 1. The van der Waals surface area contributed by atoms with Gasteiger partial charge in [-0.1, -0.05) is 18.2 Å². The van der Waals surface area contributed by atoms with E-state index < -0.39 is 19.9 Å². The van der Waals surface area contributed by atoms with Gasteiger partial charge in [-0.25, -0.2) is 5.09 Å². The fourth-order valence-corrected chi connectivity index (χ4v) is 2.56. The van der Waals surface area contributed by atoms with E-state index in [1.807, 2.05) is 0 Å². The summed E-state index contributed by atoms with van der Waals surface area (Å²) in [4.78, 5) is 11.1. The number of benzene rings is 1. The van der Waals surface area contributed by atoms with E-state index in [9.17, 15) is 9.36 Å². The zero-order chi connectivity index (χ0) is 12.9. The highest BCUT2D eigenvalue weighted by molar-refractivity contribution is 7.57. The molecule has 0 aliphatic rings. The zero-order valence-electron chi connectivity index (χ0n) is 9.79. The van der Waals surface area contributed by atoms with Gasteiger partial charge in [-0.15, -0.1) is 0 Å². The Labute approximate surface area is 100 Å². The first kappa shape index (κ1) is 13.9. The van der Waals surface area contributed by atoms with Crippen LogP contribution < -0.4 is 9.61 Å². The molecule has 2 N–H and O–H groups in total. The van der Waals surface area contributed by atoms with Crippen molar-refractivity contribution in [3.8, 4) is 5.75 Å². The molecule has 94 valence electrons. The highest BCUT2D eigenvalue weighted by atomic mass is 31.2. The molecule has 0 saturated heterocycles. The Kier molecular flexibility index (Phi) is 4.87. The Morgan fingerprint density at radius 2 is 2.06 bits per heavy atom. The first-order chi connectivity index (χ1) is 7.97. The van der Waals surface area contributed by atoms with Crippen LogP contribution in [-0.4, -0.2) is 23.3 Å². The van der Waals surface area contributed by atoms with Crippen LogP contribution in [0.25, 0.3) is 0 Å². The number of aliphatic hydroxyl groups excluding tert-OH is 1. The molecule has 0 bridgehead atoms. The molecular weight excluding hydrogens is 241 g/mol. The molecule has 0 aliphatic heterocycles. The summed E-state index contributed by atoms with van der Waals surface area (Å²) in [6.07, 6.45) is -0.667. The van der Waals surface area contributed by atoms with E-state index in [1.54, 1.807) is 37.3 Å². The van der Waals surface area contributed by atoms with Gasteiger partial charge >= 0.3 is 7.52 Å². The van der Waals surface area contributed by atoms with Crippen LogP contribution >= 0.6 is 7.52 Å². The SMILES string of the molecule is CC(=O)C(C)NP(=O)(CO)Oc1ccccc1. The molecule has 2 atom stereocenters. The number of hydrogen-bond acceptors (Lipinski definition) is 4. The van der Waals surface area contributed by atoms with Crippen LogP contribution in [0.1, 0.15) is 13.8 Å². The lowest BCUT2D eigenvalue weighted by Crippen LogP contribution is -2.32. The number of carbonyl (C=O) groups is 1. The van der Waals surface area contributed by atoms with Crippen molar-refractivity contribution in [3.63, 3.8) is 0 Å². The summed E-state index contributed by atoms with van der Waals surface area (Å²) in [5.74, 6) is 0.212. The van der Waals surface area contributed by atoms with Gasteiger partial charge in [-0.2, -0.15) is 0 Å². The third-order valence-electron chi connectivity index (χ3n) is 2.18. The minimum Gasteiger partial charge on any atom is -0.431 e. The van der Waals surface area contributed by atoms with Crippen LogP contribution in [0.3, 0.4) is 0 Å². The number of hydrogen-bond donors (Lipinski definition) is 2. The van der Waals surface area contributed by atoms with E-state index in [2.05, 4.69) is 5.09 Å². The van der Waals surface area contributed by atoms with Gasteiger partial charge in [0.2, 0.25) is 0 Å². The average molecular weight is 257 g/mol. The predicted octanol–water partition coefficient (Wildman–Crippen LogP) is 1.78. The van der Waals surface area contributed by atoms with Gasteiger partial charge < -0.3 is 9.63 Å². The van der Waals surface area contributed by atoms with Crippen molar-refractivity contribution in [1.29, 1.82) is 0 Å². The maximum Gasteiger partial charge on any atom is 0.342 e. The van der Waals surface area contributed by atoms with E-state index in [4.69, 9.17) is 9.63 Å². The number of nitrogens with one attached hydrogen (secondary N) is 1. The Morgan fingerprint density at radius 1 is 1.47 bits per heavy atom. The fourth-order valence-electron chi connectivity index (χ4n) is 1.13. The summed E-state index contributed by atoms with van der Waals surface area (Å²) in [7, 11) is -3.45. The van der Waals surface area contributed by atoms with Crippen LogP contribution in [0, 0.1) is 0 Å². The van der Waals surface area contributed by atoms with E-state index in [0.29, 0.717) is 5.75 Å². The van der Waals surface area contributed by atoms with E-state index in [1.165, 1.54) is 6.92 Å². The van der Waals surface area contributed by atoms with E-state index >= 15 is 0 Å². The highest BCUT2D eigenvalue weighted by Crippen LogP contribution is 2.42. The Bertz CT molecular complexity index is 421. The molecule has 1 rings (SSSR count). The van der Waals surface area contributed by atoms with Gasteiger partial charge in [-0.05, 0) is 26.0 Å². The van der Waals surface area contributed by atoms with Crippen LogP contribution in [0.15, 0.2) is 30.3 Å². The molecule has 2 unspecified atom stereocenters. The predicted molar refractivity (Wildman–Crippen MR) is 65.0 cm³/mol. The van der Waals surface area contributed by atoms with E-state index in [-0.39, 0.29) is 5.78 Å². The quantitative estimate of drug-likeness (QED) is 0.760.